The molecule has 2 unspecified atom stereocenters. The quantitative estimate of drug-likeness (QED) is 0.333. The molecule has 2 aromatic carbocycles. The van der Waals surface area contributed by atoms with E-state index in [1.807, 2.05) is 0 Å². The molecule has 0 amide bonds. The molecule has 9 nitrogen and oxygen atoms in total. The van der Waals surface area contributed by atoms with Gasteiger partial charge in [0, 0.05) is 0 Å². The molecular formula is C19H25N2O7P. The van der Waals surface area contributed by atoms with Gasteiger partial charge < -0.3 is 13.8 Å². The minimum absolute atomic E-state index is 0.189. The molecule has 0 bridgehead atoms. The normalized spacial score (nSPS) is 14.0. The first-order valence-electron chi connectivity index (χ1n) is 8.88. The predicted octanol–water partition coefficient (Wildman–Crippen LogP) is 3.94. The van der Waals surface area contributed by atoms with E-state index in [9.17, 15) is 14.6 Å². The maximum atomic E-state index is 13.4. The summed E-state index contributed by atoms with van der Waals surface area (Å²) in [5.41, 5.74) is 0.334. The molecular weight excluding hydrogens is 399 g/mol. The average molecular weight is 424 g/mol. The Morgan fingerprint density at radius 1 is 1.00 bits per heavy atom. The van der Waals surface area contributed by atoms with E-state index >= 15 is 0 Å². The summed E-state index contributed by atoms with van der Waals surface area (Å²) in [6.07, 6.45) is -0.322. The van der Waals surface area contributed by atoms with Crippen LogP contribution in [0.15, 0.2) is 54.6 Å². The molecule has 2 rings (SSSR count). The van der Waals surface area contributed by atoms with Crippen molar-refractivity contribution in [3.63, 3.8) is 0 Å². The number of anilines is 1. The van der Waals surface area contributed by atoms with Crippen LogP contribution in [0.2, 0.25) is 0 Å². The van der Waals surface area contributed by atoms with E-state index < -0.39 is 19.8 Å². The highest BCUT2D eigenvalue weighted by molar-refractivity contribution is 7.52. The zero-order valence-electron chi connectivity index (χ0n) is 16.6. The van der Waals surface area contributed by atoms with Crippen LogP contribution in [-0.4, -0.2) is 30.4 Å². The van der Waals surface area contributed by atoms with Gasteiger partial charge in [-0.25, -0.2) is 4.57 Å². The van der Waals surface area contributed by atoms with Crippen molar-refractivity contribution in [3.8, 4) is 11.5 Å². The Kier molecular flexibility index (Phi) is 8.04. The van der Waals surface area contributed by atoms with Crippen LogP contribution in [0.5, 0.6) is 11.5 Å². The van der Waals surface area contributed by atoms with Crippen molar-refractivity contribution in [1.29, 1.82) is 0 Å². The number of nitrogens with zero attached hydrogens (tertiary/aromatic N) is 1. The van der Waals surface area contributed by atoms with E-state index in [0.29, 0.717) is 16.7 Å². The lowest BCUT2D eigenvalue weighted by molar-refractivity contribution is -0.149. The van der Waals surface area contributed by atoms with E-state index in [1.165, 1.54) is 38.3 Å². The minimum atomic E-state index is -4.02. The number of esters is 1. The topological polar surface area (TPSA) is 107 Å². The number of benzene rings is 2. The second-order valence-corrected chi connectivity index (χ2v) is 7.90. The highest BCUT2D eigenvalue weighted by atomic mass is 31.2. The van der Waals surface area contributed by atoms with E-state index in [-0.39, 0.29) is 11.9 Å². The van der Waals surface area contributed by atoms with Gasteiger partial charge in [-0.15, -0.1) is 5.23 Å². The fourth-order valence-corrected chi connectivity index (χ4v) is 3.72. The molecule has 2 N–H and O–H groups in total. The third-order valence-electron chi connectivity index (χ3n) is 3.48. The highest BCUT2D eigenvalue weighted by Gasteiger charge is 2.34. The summed E-state index contributed by atoms with van der Waals surface area (Å²) in [6, 6.07) is 13.4. The summed E-state index contributed by atoms with van der Waals surface area (Å²) in [7, 11) is -2.72. The first-order chi connectivity index (χ1) is 13.7. The Morgan fingerprint density at radius 3 is 2.07 bits per heavy atom. The Bertz CT molecular complexity index is 830. The Hall–Kier alpha value is -2.58. The fourth-order valence-electron chi connectivity index (χ4n) is 2.19. The summed E-state index contributed by atoms with van der Waals surface area (Å²) < 4.78 is 29.6. The van der Waals surface area contributed by atoms with Crippen LogP contribution in [0.1, 0.15) is 20.8 Å². The smallest absolute Gasteiger partial charge is 0.462 e. The van der Waals surface area contributed by atoms with Crippen LogP contribution >= 0.6 is 7.75 Å². The van der Waals surface area contributed by atoms with Crippen LogP contribution in [0.3, 0.4) is 0 Å². The van der Waals surface area contributed by atoms with Crippen LogP contribution in [0.25, 0.3) is 0 Å². The second-order valence-electron chi connectivity index (χ2n) is 6.28. The molecule has 0 aromatic heterocycles. The Balaban J connectivity index is 2.22. The van der Waals surface area contributed by atoms with Gasteiger partial charge in [0.25, 0.3) is 0 Å². The highest BCUT2D eigenvalue weighted by Crippen LogP contribution is 2.45. The van der Waals surface area contributed by atoms with Crippen molar-refractivity contribution >= 4 is 19.4 Å². The average Bonchev–Trinajstić information content (AvgIpc) is 2.67. The third kappa shape index (κ3) is 7.07. The monoisotopic (exact) mass is 424 g/mol. The number of nitrogens with one attached hydrogen (secondary N) is 1. The van der Waals surface area contributed by atoms with Crippen LogP contribution in [-0.2, 0) is 18.9 Å². The van der Waals surface area contributed by atoms with Crippen molar-refractivity contribution in [1.82, 2.24) is 5.09 Å². The molecule has 0 saturated carbocycles. The Labute approximate surface area is 169 Å². The maximum absolute atomic E-state index is 13.4. The maximum Gasteiger partial charge on any atom is 0.513 e. The standard InChI is InChI=1S/C19H25N2O7P/c1-14(2)26-19(22)15(3)20-29(24,27-17-8-6-5-7-9-17)28-18-12-10-16(11-13-18)21(23)25-4/h5-15,23H,1-4H3,(H,20,24). The first kappa shape index (κ1) is 22.7. The fraction of sp³-hybridized carbons (Fsp3) is 0.316. The van der Waals surface area contributed by atoms with Gasteiger partial charge in [-0.2, -0.15) is 5.09 Å². The third-order valence-corrected chi connectivity index (χ3v) is 5.09. The molecule has 0 spiro atoms. The molecule has 0 fully saturated rings. The zero-order valence-corrected chi connectivity index (χ0v) is 17.5. The molecule has 2 aromatic rings. The van der Waals surface area contributed by atoms with Crippen LogP contribution in [0.4, 0.5) is 5.69 Å². The van der Waals surface area contributed by atoms with Crippen LogP contribution in [0, 0.1) is 0 Å². The predicted molar refractivity (Wildman–Crippen MR) is 107 cm³/mol. The van der Waals surface area contributed by atoms with Crippen molar-refractivity contribution in [2.24, 2.45) is 0 Å². The molecule has 2 atom stereocenters. The number of hydrogen-bond donors (Lipinski definition) is 2. The van der Waals surface area contributed by atoms with E-state index in [1.54, 1.807) is 44.2 Å². The molecule has 0 aliphatic heterocycles. The molecule has 0 heterocycles. The van der Waals surface area contributed by atoms with Gasteiger partial charge in [0.1, 0.15) is 17.5 Å². The van der Waals surface area contributed by atoms with Gasteiger partial charge in [0.05, 0.1) is 18.9 Å². The zero-order chi connectivity index (χ0) is 21.4. The second kappa shape index (κ2) is 10.3. The molecule has 10 heteroatoms. The van der Waals surface area contributed by atoms with E-state index in [2.05, 4.69) is 9.92 Å². The summed E-state index contributed by atoms with van der Waals surface area (Å²) in [6.45, 7) is 4.93. The Morgan fingerprint density at radius 2 is 1.55 bits per heavy atom. The van der Waals surface area contributed by atoms with Gasteiger partial charge in [0.2, 0.25) is 0 Å². The molecule has 0 aliphatic rings. The van der Waals surface area contributed by atoms with E-state index in [0.717, 1.165) is 0 Å². The molecule has 158 valence electrons. The molecule has 29 heavy (non-hydrogen) atoms. The number of hydrogen-bond acceptors (Lipinski definition) is 8. The van der Waals surface area contributed by atoms with Crippen LogP contribution < -0.4 is 19.4 Å². The summed E-state index contributed by atoms with van der Waals surface area (Å²) >= 11 is 0. The van der Waals surface area contributed by atoms with Gasteiger partial charge in [-0.1, -0.05) is 18.2 Å². The lowest BCUT2D eigenvalue weighted by Gasteiger charge is -2.23. The minimum Gasteiger partial charge on any atom is -0.462 e. The van der Waals surface area contributed by atoms with Crippen molar-refractivity contribution in [2.75, 3.05) is 12.3 Å². The largest absolute Gasteiger partial charge is 0.513 e. The molecule has 0 aliphatic carbocycles. The van der Waals surface area contributed by atoms with Crippen molar-refractivity contribution in [3.05, 3.63) is 54.6 Å². The van der Waals surface area contributed by atoms with E-state index in [4.69, 9.17) is 13.8 Å². The number of carbonyl (C=O) groups is 1. The van der Waals surface area contributed by atoms with Gasteiger partial charge in [-0.05, 0) is 57.2 Å². The lowest BCUT2D eigenvalue weighted by atomic mass is 10.3. The van der Waals surface area contributed by atoms with Gasteiger partial charge >= 0.3 is 13.7 Å². The summed E-state index contributed by atoms with van der Waals surface area (Å²) in [5, 5.41) is 12.7. The summed E-state index contributed by atoms with van der Waals surface area (Å²) in [5.74, 6) is -0.105. The van der Waals surface area contributed by atoms with Crippen molar-refractivity contribution < 1.29 is 33.2 Å². The number of carbonyl (C=O) groups excluding carboxylic acids is 1. The lowest BCUT2D eigenvalue weighted by Crippen LogP contribution is -2.36. The van der Waals surface area contributed by atoms with Gasteiger partial charge in [0.15, 0.2) is 0 Å². The number of rotatable bonds is 10. The molecule has 0 saturated heterocycles. The van der Waals surface area contributed by atoms with Gasteiger partial charge in [-0.3, -0.25) is 14.8 Å². The number of ether oxygens (including phenoxy) is 1. The first-order valence-corrected chi connectivity index (χ1v) is 10.4. The SMILES string of the molecule is CON(O)c1ccc(OP(=O)(NC(C)C(=O)OC(C)C)Oc2ccccc2)cc1. The molecule has 0 radical (unpaired) electrons. The number of para-hydroxylation sites is 1. The van der Waals surface area contributed by atoms with Crippen molar-refractivity contribution in [2.45, 2.75) is 32.9 Å². The summed E-state index contributed by atoms with van der Waals surface area (Å²) in [4.78, 5) is 16.8.